The second kappa shape index (κ2) is 6.92. The van der Waals surface area contributed by atoms with Crippen LogP contribution in [0.4, 0.5) is 5.69 Å². The van der Waals surface area contributed by atoms with Crippen LogP contribution in [-0.2, 0) is 10.0 Å². The number of benzene rings is 1. The summed E-state index contributed by atoms with van der Waals surface area (Å²) in [7, 11) is -3.46. The highest BCUT2D eigenvalue weighted by Crippen LogP contribution is 2.32. The molecule has 0 saturated carbocycles. The minimum Gasteiger partial charge on any atom is -0.336 e. The van der Waals surface area contributed by atoms with Gasteiger partial charge < -0.3 is 4.90 Å². The van der Waals surface area contributed by atoms with Crippen molar-refractivity contribution >= 4 is 33.2 Å². The summed E-state index contributed by atoms with van der Waals surface area (Å²) in [5, 5.41) is 0.268. The number of anilines is 1. The lowest BCUT2D eigenvalue weighted by Gasteiger charge is -2.30. The lowest BCUT2D eigenvalue weighted by atomic mass is 9.87. The second-order valence-electron chi connectivity index (χ2n) is 7.63. The molecule has 24 heavy (non-hydrogen) atoms. The molecule has 5 nitrogen and oxygen atoms in total. The van der Waals surface area contributed by atoms with E-state index >= 15 is 0 Å². The zero-order valence-corrected chi connectivity index (χ0v) is 16.2. The zero-order valence-electron chi connectivity index (χ0n) is 14.6. The molecule has 1 aromatic carbocycles. The predicted octanol–water partition coefficient (Wildman–Crippen LogP) is 3.75. The van der Waals surface area contributed by atoms with Crippen molar-refractivity contribution in [3.63, 3.8) is 0 Å². The molecule has 1 unspecified atom stereocenters. The van der Waals surface area contributed by atoms with Gasteiger partial charge in [-0.25, -0.2) is 8.42 Å². The number of nitrogens with zero attached hydrogens (tertiary/aromatic N) is 1. The molecule has 0 bridgehead atoms. The Labute approximate surface area is 149 Å². The number of hydrogen-bond acceptors (Lipinski definition) is 3. The number of likely N-dealkylation sites (tertiary alicyclic amines) is 1. The van der Waals surface area contributed by atoms with Gasteiger partial charge in [0, 0.05) is 18.2 Å². The largest absolute Gasteiger partial charge is 0.336 e. The lowest BCUT2D eigenvalue weighted by Crippen LogP contribution is -2.37. The third-order valence-corrected chi connectivity index (χ3v) is 4.91. The molecule has 2 rings (SSSR count). The second-order valence-corrected chi connectivity index (χ2v) is 9.78. The number of amides is 1. The predicted molar refractivity (Wildman–Crippen MR) is 98.0 cm³/mol. The van der Waals surface area contributed by atoms with Gasteiger partial charge in [0.25, 0.3) is 5.91 Å². The molecule has 0 aromatic heterocycles. The van der Waals surface area contributed by atoms with Crippen molar-refractivity contribution in [3.8, 4) is 0 Å². The Morgan fingerprint density at radius 2 is 2.04 bits per heavy atom. The Hall–Kier alpha value is -1.27. The van der Waals surface area contributed by atoms with E-state index in [2.05, 4.69) is 25.5 Å². The Balaban J connectivity index is 2.24. The van der Waals surface area contributed by atoms with Gasteiger partial charge in [-0.2, -0.15) is 0 Å². The first-order valence-electron chi connectivity index (χ1n) is 8.04. The molecule has 1 heterocycles. The van der Waals surface area contributed by atoms with Crippen LogP contribution in [-0.4, -0.2) is 38.1 Å². The molecule has 134 valence electrons. The zero-order chi connectivity index (χ0) is 18.1. The first-order chi connectivity index (χ1) is 11.0. The fourth-order valence-electron chi connectivity index (χ4n) is 3.12. The Kier molecular flexibility index (Phi) is 5.50. The van der Waals surface area contributed by atoms with Crippen LogP contribution in [0.25, 0.3) is 0 Å². The number of rotatable bonds is 4. The molecular weight excluding hydrogens is 348 g/mol. The molecule has 1 amide bonds. The Morgan fingerprint density at radius 3 is 2.62 bits per heavy atom. The minimum atomic E-state index is -3.46. The number of halogens is 1. The van der Waals surface area contributed by atoms with Crippen LogP contribution in [0.3, 0.4) is 0 Å². The van der Waals surface area contributed by atoms with Crippen LogP contribution in [0.5, 0.6) is 0 Å². The number of hydrogen-bond donors (Lipinski definition) is 1. The van der Waals surface area contributed by atoms with Gasteiger partial charge >= 0.3 is 0 Å². The molecule has 1 aliphatic rings. The van der Waals surface area contributed by atoms with Crippen LogP contribution in [0, 0.1) is 5.41 Å². The molecular formula is C17H25ClN2O3S. The summed E-state index contributed by atoms with van der Waals surface area (Å²) in [6.45, 7) is 7.25. The van der Waals surface area contributed by atoms with Gasteiger partial charge in [-0.15, -0.1) is 0 Å². The molecule has 0 radical (unpaired) electrons. The van der Waals surface area contributed by atoms with E-state index in [1.54, 1.807) is 12.1 Å². The third-order valence-electron chi connectivity index (χ3n) is 3.99. The van der Waals surface area contributed by atoms with Crippen LogP contribution in [0.15, 0.2) is 18.2 Å². The summed E-state index contributed by atoms with van der Waals surface area (Å²) in [4.78, 5) is 14.8. The van der Waals surface area contributed by atoms with Crippen molar-refractivity contribution < 1.29 is 13.2 Å². The van der Waals surface area contributed by atoms with Gasteiger partial charge in [-0.3, -0.25) is 9.52 Å². The number of carbonyl (C=O) groups excluding carboxylic acids is 1. The standard InChI is InChI=1S/C17H25ClN2O3S/c1-17(2,3)11-13-6-5-9-20(13)16(21)12-7-8-14(18)15(10-12)19-24(4,22)23/h7-8,10,13,19H,5-6,9,11H2,1-4H3. The van der Waals surface area contributed by atoms with Crippen LogP contribution in [0.1, 0.15) is 50.4 Å². The van der Waals surface area contributed by atoms with E-state index in [0.717, 1.165) is 32.1 Å². The van der Waals surface area contributed by atoms with E-state index < -0.39 is 10.0 Å². The quantitative estimate of drug-likeness (QED) is 0.875. The monoisotopic (exact) mass is 372 g/mol. The fraction of sp³-hybridized carbons (Fsp3) is 0.588. The number of carbonyl (C=O) groups is 1. The average Bonchev–Trinajstić information content (AvgIpc) is 2.84. The van der Waals surface area contributed by atoms with Crippen molar-refractivity contribution in [2.24, 2.45) is 5.41 Å². The highest BCUT2D eigenvalue weighted by molar-refractivity contribution is 7.92. The maximum absolute atomic E-state index is 12.9. The molecule has 0 spiro atoms. The third kappa shape index (κ3) is 5.11. The maximum atomic E-state index is 12.9. The van der Waals surface area contributed by atoms with E-state index in [4.69, 9.17) is 11.6 Å². The SMILES string of the molecule is CC(C)(C)CC1CCCN1C(=O)c1ccc(Cl)c(NS(C)(=O)=O)c1. The molecule has 7 heteroatoms. The van der Waals surface area contributed by atoms with E-state index in [-0.39, 0.29) is 28.1 Å². The van der Waals surface area contributed by atoms with Gasteiger partial charge in [0.1, 0.15) is 0 Å². The molecule has 1 aliphatic heterocycles. The Bertz CT molecular complexity index is 726. The van der Waals surface area contributed by atoms with Gasteiger partial charge in [0.05, 0.1) is 17.0 Å². The molecule has 1 atom stereocenters. The van der Waals surface area contributed by atoms with Crippen LogP contribution in [0.2, 0.25) is 5.02 Å². The van der Waals surface area contributed by atoms with E-state index in [9.17, 15) is 13.2 Å². The van der Waals surface area contributed by atoms with E-state index in [1.807, 2.05) is 4.90 Å². The van der Waals surface area contributed by atoms with Crippen LogP contribution < -0.4 is 4.72 Å². The molecule has 1 fully saturated rings. The molecule has 1 saturated heterocycles. The first kappa shape index (κ1) is 19.1. The summed E-state index contributed by atoms with van der Waals surface area (Å²) in [6, 6.07) is 4.93. The molecule has 1 N–H and O–H groups in total. The van der Waals surface area contributed by atoms with Gasteiger partial charge in [0.15, 0.2) is 0 Å². The average molecular weight is 373 g/mol. The topological polar surface area (TPSA) is 66.5 Å². The smallest absolute Gasteiger partial charge is 0.254 e. The van der Waals surface area contributed by atoms with Crippen molar-refractivity contribution in [2.45, 2.75) is 46.1 Å². The molecule has 1 aromatic rings. The van der Waals surface area contributed by atoms with E-state index in [1.165, 1.54) is 6.07 Å². The molecule has 0 aliphatic carbocycles. The normalized spacial score (nSPS) is 18.7. The van der Waals surface area contributed by atoms with Gasteiger partial charge in [-0.05, 0) is 42.9 Å². The lowest BCUT2D eigenvalue weighted by molar-refractivity contribution is 0.0704. The summed E-state index contributed by atoms with van der Waals surface area (Å²) >= 11 is 6.03. The fourth-order valence-corrected chi connectivity index (χ4v) is 3.91. The van der Waals surface area contributed by atoms with E-state index in [0.29, 0.717) is 5.56 Å². The summed E-state index contributed by atoms with van der Waals surface area (Å²) < 4.78 is 25.2. The van der Waals surface area contributed by atoms with Gasteiger partial charge in [-0.1, -0.05) is 32.4 Å². The highest BCUT2D eigenvalue weighted by Gasteiger charge is 2.32. The van der Waals surface area contributed by atoms with Crippen molar-refractivity contribution in [1.29, 1.82) is 0 Å². The van der Waals surface area contributed by atoms with Crippen LogP contribution >= 0.6 is 11.6 Å². The number of nitrogens with one attached hydrogen (secondary N) is 1. The maximum Gasteiger partial charge on any atom is 0.254 e. The first-order valence-corrected chi connectivity index (χ1v) is 10.3. The van der Waals surface area contributed by atoms with Crippen molar-refractivity contribution in [1.82, 2.24) is 4.90 Å². The Morgan fingerprint density at radius 1 is 1.38 bits per heavy atom. The van der Waals surface area contributed by atoms with Gasteiger partial charge in [0.2, 0.25) is 10.0 Å². The minimum absolute atomic E-state index is 0.0741. The summed E-state index contributed by atoms with van der Waals surface area (Å²) in [6.07, 6.45) is 4.00. The van der Waals surface area contributed by atoms with Crippen molar-refractivity contribution in [2.75, 3.05) is 17.5 Å². The summed E-state index contributed by atoms with van der Waals surface area (Å²) in [5.41, 5.74) is 0.833. The van der Waals surface area contributed by atoms with Crippen molar-refractivity contribution in [3.05, 3.63) is 28.8 Å². The highest BCUT2D eigenvalue weighted by atomic mass is 35.5. The number of sulfonamides is 1. The summed E-state index contributed by atoms with van der Waals surface area (Å²) in [5.74, 6) is -0.0741.